The number of rotatable bonds is 8. The van der Waals surface area contributed by atoms with Crippen molar-refractivity contribution >= 4 is 32.4 Å². The Morgan fingerprint density at radius 1 is 0.212 bits per heavy atom. The van der Waals surface area contributed by atoms with Gasteiger partial charge in [-0.25, -0.2) is 0 Å². The highest BCUT2D eigenvalue weighted by Gasteiger charge is 2.24. The molecule has 12 rings (SSSR count). The van der Waals surface area contributed by atoms with E-state index in [2.05, 4.69) is 249 Å². The molecule has 0 N–H and O–H groups in total. The Hall–Kier alpha value is -8.65. The third-order valence-corrected chi connectivity index (χ3v) is 13.1. The fourth-order valence-electron chi connectivity index (χ4n) is 10.1. The molecule has 12 aromatic rings. The third kappa shape index (κ3) is 6.95. The monoisotopic (exact) mass is 837 g/mol. The molecule has 0 aliphatic rings. The van der Waals surface area contributed by atoms with Gasteiger partial charge in [0.2, 0.25) is 0 Å². The third-order valence-electron chi connectivity index (χ3n) is 13.1. The van der Waals surface area contributed by atoms with Crippen molar-refractivity contribution in [3.05, 3.63) is 261 Å². The zero-order valence-corrected chi connectivity index (χ0v) is 36.3. The van der Waals surface area contributed by atoms with Crippen LogP contribution in [0.25, 0.3) is 121 Å². The predicted molar refractivity (Wildman–Crippen MR) is 280 cm³/mol. The minimum absolute atomic E-state index is 1.00. The van der Waals surface area contributed by atoms with E-state index >= 15 is 0 Å². The second-order valence-corrected chi connectivity index (χ2v) is 17.0. The van der Waals surface area contributed by atoms with Crippen LogP contribution in [0.1, 0.15) is 0 Å². The molecular weight excluding hydrogens is 795 g/mol. The Kier molecular flexibility index (Phi) is 9.93. The molecule has 0 bridgehead atoms. The minimum atomic E-state index is 1.00. The van der Waals surface area contributed by atoms with Crippen LogP contribution < -0.4 is 0 Å². The maximum absolute atomic E-state index is 4.71. The van der Waals surface area contributed by atoms with Crippen LogP contribution >= 0.6 is 0 Å². The van der Waals surface area contributed by atoms with Gasteiger partial charge in [-0.3, -0.25) is 4.98 Å². The van der Waals surface area contributed by atoms with E-state index in [4.69, 9.17) is 4.98 Å². The molecule has 308 valence electrons. The second-order valence-electron chi connectivity index (χ2n) is 17.0. The molecule has 0 unspecified atom stereocenters. The normalized spacial score (nSPS) is 11.3. The van der Waals surface area contributed by atoms with Gasteiger partial charge in [0.1, 0.15) is 0 Å². The van der Waals surface area contributed by atoms with Crippen molar-refractivity contribution in [2.24, 2.45) is 0 Å². The number of pyridine rings is 1. The van der Waals surface area contributed by atoms with Crippen molar-refractivity contribution in [3.8, 4) is 89.0 Å². The summed E-state index contributed by atoms with van der Waals surface area (Å²) in [6, 6.07) is 92.8. The highest BCUT2D eigenvalue weighted by Crippen LogP contribution is 2.51. The van der Waals surface area contributed by atoms with Gasteiger partial charge in [-0.15, -0.1) is 0 Å². The molecule has 0 amide bonds. The highest BCUT2D eigenvalue weighted by molar-refractivity contribution is 6.21. The number of hydrogen-bond donors (Lipinski definition) is 0. The van der Waals surface area contributed by atoms with E-state index in [9.17, 15) is 0 Å². The highest BCUT2D eigenvalue weighted by atomic mass is 14.6. The van der Waals surface area contributed by atoms with Gasteiger partial charge in [-0.2, -0.15) is 0 Å². The fraction of sp³-hybridized carbons (Fsp3) is 0. The minimum Gasteiger partial charge on any atom is -0.256 e. The van der Waals surface area contributed by atoms with Gasteiger partial charge >= 0.3 is 0 Å². The zero-order chi connectivity index (χ0) is 43.8. The van der Waals surface area contributed by atoms with Crippen LogP contribution in [0.3, 0.4) is 0 Å². The molecular formula is C65H43N. The molecule has 1 heterocycles. The molecule has 0 aliphatic heterocycles. The van der Waals surface area contributed by atoms with Gasteiger partial charge in [0.25, 0.3) is 0 Å². The summed E-state index contributed by atoms with van der Waals surface area (Å²) >= 11 is 0. The van der Waals surface area contributed by atoms with E-state index in [1.165, 1.54) is 111 Å². The molecule has 1 aromatic heterocycles. The van der Waals surface area contributed by atoms with Crippen molar-refractivity contribution in [2.75, 3.05) is 0 Å². The SMILES string of the molecule is c1ccc(-c2cc(-c3ccc(-c4ccc(-c5c6ccccc6c(-c6ccc7cccnc7c6)c6ccccc56)cc4)cc3)c(-c3ccccc3)c(-c3ccccc3)c2-c2ccccc2)cc1. The van der Waals surface area contributed by atoms with E-state index in [1.54, 1.807) is 0 Å². The van der Waals surface area contributed by atoms with Crippen LogP contribution in [0.15, 0.2) is 261 Å². The van der Waals surface area contributed by atoms with E-state index in [0.29, 0.717) is 0 Å². The summed E-state index contributed by atoms with van der Waals surface area (Å²) in [5.41, 5.74) is 20.2. The van der Waals surface area contributed by atoms with E-state index < -0.39 is 0 Å². The van der Waals surface area contributed by atoms with Gasteiger partial charge in [-0.05, 0) is 129 Å². The van der Waals surface area contributed by atoms with Crippen LogP contribution in [-0.2, 0) is 0 Å². The lowest BCUT2D eigenvalue weighted by Crippen LogP contribution is -1.98. The molecule has 1 nitrogen and oxygen atoms in total. The van der Waals surface area contributed by atoms with Gasteiger partial charge in [0.15, 0.2) is 0 Å². The Morgan fingerprint density at radius 3 is 1.05 bits per heavy atom. The van der Waals surface area contributed by atoms with E-state index in [-0.39, 0.29) is 0 Å². The van der Waals surface area contributed by atoms with Crippen molar-refractivity contribution in [2.45, 2.75) is 0 Å². The summed E-state index contributed by atoms with van der Waals surface area (Å²) in [5, 5.41) is 6.09. The standard InChI is InChI=1S/C65H43N/c1-5-18-46(19-6-1)58-43-59(64(50-22-9-3-10-23-50)65(51-24-11-4-12-25-51)63(58)49-20-7-2-8-21-49)47-35-31-44(32-36-47)45-33-38-52(39-34-45)61-54-27-13-15-29-56(54)62(57-30-16-14-28-55(57)61)53-40-37-48-26-17-41-66-60(48)42-53/h1-43H. The average Bonchev–Trinajstić information content (AvgIpc) is 3.40. The number of hydrogen-bond acceptors (Lipinski definition) is 1. The van der Waals surface area contributed by atoms with Crippen molar-refractivity contribution in [3.63, 3.8) is 0 Å². The fourth-order valence-corrected chi connectivity index (χ4v) is 10.1. The molecule has 0 fully saturated rings. The molecule has 11 aromatic carbocycles. The summed E-state index contributed by atoms with van der Waals surface area (Å²) in [5.74, 6) is 0. The quantitative estimate of drug-likeness (QED) is 0.139. The molecule has 1 heteroatoms. The van der Waals surface area contributed by atoms with Gasteiger partial charge in [0.05, 0.1) is 5.52 Å². The van der Waals surface area contributed by atoms with E-state index in [0.717, 1.165) is 10.9 Å². The Morgan fingerprint density at radius 2 is 0.561 bits per heavy atom. The molecule has 0 saturated carbocycles. The summed E-state index contributed by atoms with van der Waals surface area (Å²) in [6.45, 7) is 0. The van der Waals surface area contributed by atoms with Crippen LogP contribution in [0, 0.1) is 0 Å². The molecule has 0 saturated heterocycles. The predicted octanol–water partition coefficient (Wildman–Crippen LogP) is 17.9. The van der Waals surface area contributed by atoms with Gasteiger partial charge in [-0.1, -0.05) is 237 Å². The Balaban J connectivity index is 0.988. The van der Waals surface area contributed by atoms with Crippen molar-refractivity contribution < 1.29 is 0 Å². The Labute approximate surface area is 385 Å². The largest absolute Gasteiger partial charge is 0.256 e. The number of nitrogens with zero attached hydrogens (tertiary/aromatic N) is 1. The van der Waals surface area contributed by atoms with Crippen molar-refractivity contribution in [1.29, 1.82) is 0 Å². The second kappa shape index (κ2) is 16.8. The lowest BCUT2D eigenvalue weighted by atomic mass is 9.79. The van der Waals surface area contributed by atoms with Crippen molar-refractivity contribution in [1.82, 2.24) is 4.98 Å². The van der Waals surface area contributed by atoms with Gasteiger partial charge < -0.3 is 0 Å². The Bertz CT molecular complexity index is 3630. The lowest BCUT2D eigenvalue weighted by molar-refractivity contribution is 1.41. The number of aromatic nitrogens is 1. The molecule has 66 heavy (non-hydrogen) atoms. The molecule has 0 atom stereocenters. The number of benzene rings is 11. The molecule has 0 aliphatic carbocycles. The summed E-state index contributed by atoms with van der Waals surface area (Å²) in [4.78, 5) is 4.71. The number of fused-ring (bicyclic) bond motifs is 3. The summed E-state index contributed by atoms with van der Waals surface area (Å²) in [7, 11) is 0. The zero-order valence-electron chi connectivity index (χ0n) is 36.3. The first-order valence-electron chi connectivity index (χ1n) is 22.7. The van der Waals surface area contributed by atoms with Crippen LogP contribution in [0.2, 0.25) is 0 Å². The van der Waals surface area contributed by atoms with Crippen LogP contribution in [0.5, 0.6) is 0 Å². The van der Waals surface area contributed by atoms with Gasteiger partial charge in [0, 0.05) is 11.6 Å². The first-order chi connectivity index (χ1) is 32.8. The maximum atomic E-state index is 4.71. The topological polar surface area (TPSA) is 12.9 Å². The maximum Gasteiger partial charge on any atom is 0.0708 e. The molecule has 0 spiro atoms. The smallest absolute Gasteiger partial charge is 0.0708 e. The first-order valence-corrected chi connectivity index (χ1v) is 22.7. The van der Waals surface area contributed by atoms with Crippen LogP contribution in [-0.4, -0.2) is 4.98 Å². The summed E-state index contributed by atoms with van der Waals surface area (Å²) < 4.78 is 0. The van der Waals surface area contributed by atoms with E-state index in [1.807, 2.05) is 12.3 Å². The molecule has 0 radical (unpaired) electrons. The summed E-state index contributed by atoms with van der Waals surface area (Å²) in [6.07, 6.45) is 1.87. The van der Waals surface area contributed by atoms with Crippen LogP contribution in [0.4, 0.5) is 0 Å². The first kappa shape index (κ1) is 39.0. The average molecular weight is 838 g/mol. The lowest BCUT2D eigenvalue weighted by Gasteiger charge is -2.24.